The molecular weight excluding hydrogens is 423 g/mol. The van der Waals surface area contributed by atoms with E-state index in [0.717, 1.165) is 35.4 Å². The molecule has 0 saturated carbocycles. The van der Waals surface area contributed by atoms with E-state index in [1.165, 1.54) is 6.33 Å². The van der Waals surface area contributed by atoms with E-state index >= 15 is 0 Å². The number of hydrogen-bond donors (Lipinski definition) is 2. The van der Waals surface area contributed by atoms with Gasteiger partial charge >= 0.3 is 12.1 Å². The molecule has 158 valence electrons. The maximum absolute atomic E-state index is 12.4. The smallest absolute Gasteiger partial charge is 0.318 e. The van der Waals surface area contributed by atoms with Crippen molar-refractivity contribution in [3.05, 3.63) is 72.3 Å². The number of benzene rings is 2. The average Bonchev–Trinajstić information content (AvgIpc) is 3.20. The van der Waals surface area contributed by atoms with Crippen LogP contribution in [-0.4, -0.2) is 35.3 Å². The molecular formula is C18H16F3N5O3S. The van der Waals surface area contributed by atoms with E-state index in [4.69, 9.17) is 0 Å². The molecule has 3 rings (SSSR count). The quantitative estimate of drug-likeness (QED) is 0.588. The van der Waals surface area contributed by atoms with Gasteiger partial charge in [0.2, 0.25) is 10.0 Å². The highest BCUT2D eigenvalue weighted by Gasteiger charge is 2.38. The van der Waals surface area contributed by atoms with Gasteiger partial charge in [-0.25, -0.2) is 22.8 Å². The molecule has 0 saturated heterocycles. The summed E-state index contributed by atoms with van der Waals surface area (Å²) in [6, 6.07) is 11.6. The minimum Gasteiger partial charge on any atom is -0.318 e. The van der Waals surface area contributed by atoms with Crippen molar-refractivity contribution >= 4 is 21.6 Å². The van der Waals surface area contributed by atoms with E-state index in [1.54, 1.807) is 28.5 Å². The summed E-state index contributed by atoms with van der Waals surface area (Å²) in [5, 5.41) is 5.66. The zero-order valence-corrected chi connectivity index (χ0v) is 16.1. The fraction of sp³-hybridized carbons (Fsp3) is 0.167. The van der Waals surface area contributed by atoms with E-state index in [1.807, 2.05) is 12.1 Å². The average molecular weight is 439 g/mol. The minimum absolute atomic E-state index is 0.0263. The molecule has 0 bridgehead atoms. The van der Waals surface area contributed by atoms with Crippen molar-refractivity contribution in [1.29, 1.82) is 0 Å². The van der Waals surface area contributed by atoms with Crippen molar-refractivity contribution < 1.29 is 26.4 Å². The van der Waals surface area contributed by atoms with E-state index in [0.29, 0.717) is 6.54 Å². The number of amides is 1. The Morgan fingerprint density at radius 2 is 1.63 bits per heavy atom. The lowest BCUT2D eigenvalue weighted by Crippen LogP contribution is -2.30. The number of aromatic nitrogens is 3. The molecule has 0 aliphatic carbocycles. The molecule has 0 fully saturated rings. The van der Waals surface area contributed by atoms with Crippen LogP contribution in [0, 0.1) is 0 Å². The van der Waals surface area contributed by atoms with Crippen molar-refractivity contribution in [3.8, 4) is 0 Å². The van der Waals surface area contributed by atoms with Gasteiger partial charge in [0, 0.05) is 12.2 Å². The Morgan fingerprint density at radius 3 is 2.20 bits per heavy atom. The second-order valence-corrected chi connectivity index (χ2v) is 7.98. The Balaban J connectivity index is 1.59. The van der Waals surface area contributed by atoms with Crippen molar-refractivity contribution in [1.82, 2.24) is 19.5 Å². The number of hydrogen-bond acceptors (Lipinski definition) is 5. The fourth-order valence-electron chi connectivity index (χ4n) is 2.45. The van der Waals surface area contributed by atoms with Gasteiger partial charge in [0.05, 0.1) is 11.4 Å². The van der Waals surface area contributed by atoms with E-state index in [9.17, 15) is 26.4 Å². The summed E-state index contributed by atoms with van der Waals surface area (Å²) in [7, 11) is -3.89. The number of nitrogens with zero attached hydrogens (tertiary/aromatic N) is 3. The van der Waals surface area contributed by atoms with Crippen LogP contribution in [0.1, 0.15) is 11.1 Å². The molecule has 0 spiro atoms. The Bertz CT molecular complexity index is 1100. The highest BCUT2D eigenvalue weighted by atomic mass is 32.2. The minimum atomic E-state index is -5.03. The van der Waals surface area contributed by atoms with E-state index in [-0.39, 0.29) is 17.1 Å². The molecule has 1 aromatic heterocycles. The molecule has 8 nitrogen and oxygen atoms in total. The SMILES string of the molecule is O=C(Nc1ccc(S(=O)(=O)NCc2ccc(Cn3cncn3)cc2)cc1)C(F)(F)F. The second kappa shape index (κ2) is 8.63. The second-order valence-electron chi connectivity index (χ2n) is 6.21. The lowest BCUT2D eigenvalue weighted by Gasteiger charge is -2.10. The first-order valence-corrected chi connectivity index (χ1v) is 10.00. The number of nitrogens with one attached hydrogen (secondary N) is 2. The maximum Gasteiger partial charge on any atom is 0.471 e. The van der Waals surface area contributed by atoms with Crippen LogP contribution in [0.25, 0.3) is 0 Å². The number of rotatable bonds is 7. The predicted molar refractivity (Wildman–Crippen MR) is 101 cm³/mol. The number of alkyl halides is 3. The molecule has 30 heavy (non-hydrogen) atoms. The topological polar surface area (TPSA) is 106 Å². The van der Waals surface area contributed by atoms with Gasteiger partial charge in [0.1, 0.15) is 12.7 Å². The molecule has 0 aliphatic rings. The van der Waals surface area contributed by atoms with Crippen LogP contribution in [0.2, 0.25) is 0 Å². The zero-order chi connectivity index (χ0) is 21.8. The van der Waals surface area contributed by atoms with Crippen LogP contribution >= 0.6 is 0 Å². The monoisotopic (exact) mass is 439 g/mol. The standard InChI is InChI=1S/C18H16F3N5O3S/c19-18(20,21)17(27)25-15-5-7-16(8-6-15)30(28,29)24-9-13-1-3-14(4-2-13)10-26-12-22-11-23-26/h1-8,11-12,24H,9-10H2,(H,25,27). The van der Waals surface area contributed by atoms with Crippen molar-refractivity contribution in [3.63, 3.8) is 0 Å². The van der Waals surface area contributed by atoms with Gasteiger partial charge in [-0.1, -0.05) is 24.3 Å². The Morgan fingerprint density at radius 1 is 1.00 bits per heavy atom. The van der Waals surface area contributed by atoms with Gasteiger partial charge in [-0.3, -0.25) is 4.79 Å². The first-order chi connectivity index (χ1) is 14.1. The zero-order valence-electron chi connectivity index (χ0n) is 15.3. The fourth-order valence-corrected chi connectivity index (χ4v) is 3.46. The van der Waals surface area contributed by atoms with Gasteiger partial charge in [-0.15, -0.1) is 0 Å². The van der Waals surface area contributed by atoms with Crippen LogP contribution in [0.15, 0.2) is 66.1 Å². The highest BCUT2D eigenvalue weighted by molar-refractivity contribution is 7.89. The number of sulfonamides is 1. The molecule has 2 aromatic carbocycles. The molecule has 0 radical (unpaired) electrons. The molecule has 0 atom stereocenters. The highest BCUT2D eigenvalue weighted by Crippen LogP contribution is 2.20. The Kier molecular flexibility index (Phi) is 6.17. The third-order valence-electron chi connectivity index (χ3n) is 3.98. The Labute approximate surface area is 169 Å². The van der Waals surface area contributed by atoms with E-state index in [2.05, 4.69) is 14.8 Å². The van der Waals surface area contributed by atoms with Crippen molar-refractivity contribution in [2.45, 2.75) is 24.2 Å². The van der Waals surface area contributed by atoms with Crippen LogP contribution < -0.4 is 10.0 Å². The molecule has 3 aromatic rings. The summed E-state index contributed by atoms with van der Waals surface area (Å²) in [6.45, 7) is 0.557. The van der Waals surface area contributed by atoms with Crippen LogP contribution in [0.5, 0.6) is 0 Å². The van der Waals surface area contributed by atoms with Gasteiger partial charge < -0.3 is 5.32 Å². The Hall–Kier alpha value is -3.25. The molecule has 1 heterocycles. The number of halogens is 3. The van der Waals surface area contributed by atoms with Crippen LogP contribution in [0.3, 0.4) is 0 Å². The molecule has 2 N–H and O–H groups in total. The van der Waals surface area contributed by atoms with Gasteiger partial charge in [-0.2, -0.15) is 18.3 Å². The van der Waals surface area contributed by atoms with Crippen LogP contribution in [-0.2, 0) is 27.9 Å². The molecule has 12 heteroatoms. The summed E-state index contributed by atoms with van der Waals surface area (Å²) in [4.78, 5) is 14.6. The summed E-state index contributed by atoms with van der Waals surface area (Å²) >= 11 is 0. The first kappa shape index (κ1) is 21.5. The number of carbonyl (C=O) groups excluding carboxylic acids is 1. The lowest BCUT2D eigenvalue weighted by atomic mass is 10.1. The number of anilines is 1. The van der Waals surface area contributed by atoms with Gasteiger partial charge in [0.25, 0.3) is 0 Å². The van der Waals surface area contributed by atoms with Crippen LogP contribution in [0.4, 0.5) is 18.9 Å². The summed E-state index contributed by atoms with van der Waals surface area (Å²) < 4.78 is 65.6. The number of carbonyl (C=O) groups is 1. The van der Waals surface area contributed by atoms with E-state index < -0.39 is 22.1 Å². The van der Waals surface area contributed by atoms with Crippen molar-refractivity contribution in [2.24, 2.45) is 0 Å². The summed E-state index contributed by atoms with van der Waals surface area (Å²) in [5.74, 6) is -2.14. The maximum atomic E-state index is 12.4. The first-order valence-electron chi connectivity index (χ1n) is 8.52. The molecule has 0 unspecified atom stereocenters. The summed E-state index contributed by atoms with van der Waals surface area (Å²) in [6.07, 6.45) is -2.01. The van der Waals surface area contributed by atoms with Gasteiger partial charge in [0.15, 0.2) is 0 Å². The van der Waals surface area contributed by atoms with Gasteiger partial charge in [-0.05, 0) is 35.4 Å². The largest absolute Gasteiger partial charge is 0.471 e. The van der Waals surface area contributed by atoms with Crippen molar-refractivity contribution in [2.75, 3.05) is 5.32 Å². The molecule has 1 amide bonds. The molecule has 0 aliphatic heterocycles. The third kappa shape index (κ3) is 5.64. The lowest BCUT2D eigenvalue weighted by molar-refractivity contribution is -0.167. The summed E-state index contributed by atoms with van der Waals surface area (Å²) in [5.41, 5.74) is 1.51. The normalized spacial score (nSPS) is 12.0. The predicted octanol–water partition coefficient (Wildman–Crippen LogP) is 2.31. The third-order valence-corrected chi connectivity index (χ3v) is 5.40.